The van der Waals surface area contributed by atoms with Crippen LogP contribution in [0.5, 0.6) is 5.88 Å². The molecule has 0 radical (unpaired) electrons. The third-order valence-corrected chi connectivity index (χ3v) is 4.71. The Morgan fingerprint density at radius 2 is 2.05 bits per heavy atom. The van der Waals surface area contributed by atoms with Crippen molar-refractivity contribution in [1.29, 1.82) is 0 Å². The molecule has 0 bridgehead atoms. The van der Waals surface area contributed by atoms with Gasteiger partial charge in [-0.2, -0.15) is 0 Å². The van der Waals surface area contributed by atoms with Gasteiger partial charge in [0.05, 0.1) is 18.8 Å². The van der Waals surface area contributed by atoms with Gasteiger partial charge in [-0.15, -0.1) is 0 Å². The summed E-state index contributed by atoms with van der Waals surface area (Å²) in [6.07, 6.45) is 4.43. The Morgan fingerprint density at radius 3 is 2.59 bits per heavy atom. The van der Waals surface area contributed by atoms with Crippen LogP contribution in [0.2, 0.25) is 0 Å². The van der Waals surface area contributed by atoms with Crippen LogP contribution in [0.3, 0.4) is 0 Å². The van der Waals surface area contributed by atoms with Gasteiger partial charge in [0.15, 0.2) is 0 Å². The summed E-state index contributed by atoms with van der Waals surface area (Å²) in [6, 6.07) is 3.74. The van der Waals surface area contributed by atoms with Gasteiger partial charge in [0.1, 0.15) is 0 Å². The lowest BCUT2D eigenvalue weighted by molar-refractivity contribution is 0.0315. The normalized spacial score (nSPS) is 26.2. The number of amides is 1. The first kappa shape index (κ1) is 15.2. The van der Waals surface area contributed by atoms with Crippen LogP contribution in [0.1, 0.15) is 29.6 Å². The fourth-order valence-corrected chi connectivity index (χ4v) is 3.41. The summed E-state index contributed by atoms with van der Waals surface area (Å²) >= 11 is 0. The van der Waals surface area contributed by atoms with Gasteiger partial charge in [0.25, 0.3) is 5.91 Å². The molecule has 2 atom stereocenters. The number of aliphatic hydroxyl groups excluding tert-OH is 1. The van der Waals surface area contributed by atoms with Crippen LogP contribution >= 0.6 is 0 Å². The van der Waals surface area contributed by atoms with Crippen molar-refractivity contribution < 1.29 is 14.6 Å². The Balaban J connectivity index is 1.57. The molecule has 1 saturated heterocycles. The fourth-order valence-electron chi connectivity index (χ4n) is 3.41. The number of carbonyl (C=O) groups excluding carboxylic acids is 1. The van der Waals surface area contributed by atoms with Crippen molar-refractivity contribution >= 4 is 5.91 Å². The van der Waals surface area contributed by atoms with Crippen LogP contribution in [-0.2, 0) is 0 Å². The van der Waals surface area contributed by atoms with E-state index < -0.39 is 0 Å². The molecular formula is C16H23N3O3. The zero-order valence-electron chi connectivity index (χ0n) is 12.9. The van der Waals surface area contributed by atoms with E-state index in [9.17, 15) is 9.90 Å². The topological polar surface area (TPSA) is 65.9 Å². The maximum Gasteiger partial charge on any atom is 0.255 e. The number of hydrogen-bond donors (Lipinski definition) is 1. The van der Waals surface area contributed by atoms with Crippen LogP contribution in [0.4, 0.5) is 0 Å². The van der Waals surface area contributed by atoms with E-state index in [-0.39, 0.29) is 18.1 Å². The van der Waals surface area contributed by atoms with Gasteiger partial charge < -0.3 is 14.7 Å². The van der Waals surface area contributed by atoms with E-state index in [1.807, 2.05) is 4.90 Å². The summed E-state index contributed by atoms with van der Waals surface area (Å²) in [5.41, 5.74) is 0.593. The number of pyridine rings is 1. The quantitative estimate of drug-likeness (QED) is 0.893. The number of carbonyl (C=O) groups is 1. The highest BCUT2D eigenvalue weighted by atomic mass is 16.5. The highest BCUT2D eigenvalue weighted by Crippen LogP contribution is 2.25. The minimum absolute atomic E-state index is 0.0155. The van der Waals surface area contributed by atoms with Crippen LogP contribution in [0, 0.1) is 0 Å². The van der Waals surface area contributed by atoms with Crippen LogP contribution in [0.25, 0.3) is 0 Å². The second kappa shape index (κ2) is 6.62. The molecule has 1 N–H and O–H groups in total. The standard InChI is InChI=1S/C16H23N3O3/c1-22-15-6-5-12(11-17-15)16(21)19-9-7-18(8-10-19)13-3-2-4-14(13)20/h5-6,11,13-14,20H,2-4,7-10H2,1H3/t13-,14+/m0/s1. The number of aliphatic hydroxyl groups is 1. The highest BCUT2D eigenvalue weighted by molar-refractivity contribution is 5.94. The smallest absolute Gasteiger partial charge is 0.255 e. The zero-order chi connectivity index (χ0) is 15.5. The third kappa shape index (κ3) is 3.08. The molecule has 1 aromatic heterocycles. The van der Waals surface area contributed by atoms with Crippen LogP contribution in [-0.4, -0.2) is 71.2 Å². The summed E-state index contributed by atoms with van der Waals surface area (Å²) in [5, 5.41) is 10.0. The monoisotopic (exact) mass is 305 g/mol. The van der Waals surface area contributed by atoms with Crippen molar-refractivity contribution in [3.63, 3.8) is 0 Å². The molecule has 1 aromatic rings. The molecule has 120 valence electrons. The maximum atomic E-state index is 12.5. The SMILES string of the molecule is COc1ccc(C(=O)N2CCN([C@H]3CCC[C@H]3O)CC2)cn1. The molecule has 6 nitrogen and oxygen atoms in total. The van der Waals surface area contributed by atoms with E-state index in [0.717, 1.165) is 32.4 Å². The summed E-state index contributed by atoms with van der Waals surface area (Å²) < 4.78 is 5.01. The first-order chi connectivity index (χ1) is 10.7. The molecule has 1 saturated carbocycles. The lowest BCUT2D eigenvalue weighted by atomic mass is 10.1. The summed E-state index contributed by atoms with van der Waals surface area (Å²) in [6.45, 7) is 3.07. The third-order valence-electron chi connectivity index (χ3n) is 4.71. The molecule has 2 fully saturated rings. The number of methoxy groups -OCH3 is 1. The molecule has 22 heavy (non-hydrogen) atoms. The predicted octanol–water partition coefficient (Wildman–Crippen LogP) is 0.761. The van der Waals surface area contributed by atoms with Crippen molar-refractivity contribution in [3.8, 4) is 5.88 Å². The Bertz CT molecular complexity index is 512. The average Bonchev–Trinajstić information content (AvgIpc) is 3.00. The Kier molecular flexibility index (Phi) is 4.59. The van der Waals surface area contributed by atoms with E-state index in [4.69, 9.17) is 4.74 Å². The molecule has 1 aliphatic heterocycles. The molecule has 6 heteroatoms. The minimum atomic E-state index is -0.201. The van der Waals surface area contributed by atoms with Gasteiger partial charge >= 0.3 is 0 Å². The zero-order valence-corrected chi connectivity index (χ0v) is 12.9. The van der Waals surface area contributed by atoms with Gasteiger partial charge in [-0.1, -0.05) is 0 Å². The summed E-state index contributed by atoms with van der Waals surface area (Å²) in [7, 11) is 1.56. The lowest BCUT2D eigenvalue weighted by Crippen LogP contribution is -2.53. The molecular weight excluding hydrogens is 282 g/mol. The van der Waals surface area contributed by atoms with Gasteiger partial charge in [-0.25, -0.2) is 4.98 Å². The Morgan fingerprint density at radius 1 is 1.27 bits per heavy atom. The molecule has 1 amide bonds. The second-order valence-corrected chi connectivity index (χ2v) is 5.98. The van der Waals surface area contributed by atoms with Gasteiger partial charge in [0, 0.05) is 44.5 Å². The van der Waals surface area contributed by atoms with Crippen molar-refractivity contribution in [3.05, 3.63) is 23.9 Å². The van der Waals surface area contributed by atoms with E-state index in [2.05, 4.69) is 9.88 Å². The largest absolute Gasteiger partial charge is 0.481 e. The first-order valence-electron chi connectivity index (χ1n) is 7.90. The van der Waals surface area contributed by atoms with Crippen LogP contribution in [0.15, 0.2) is 18.3 Å². The number of ether oxygens (including phenoxy) is 1. The van der Waals surface area contributed by atoms with Crippen LogP contribution < -0.4 is 4.74 Å². The molecule has 0 unspecified atom stereocenters. The molecule has 0 aromatic carbocycles. The number of rotatable bonds is 3. The van der Waals surface area contributed by atoms with Gasteiger partial charge in [0.2, 0.25) is 5.88 Å². The number of piperazine rings is 1. The number of aromatic nitrogens is 1. The number of hydrogen-bond acceptors (Lipinski definition) is 5. The fraction of sp³-hybridized carbons (Fsp3) is 0.625. The van der Waals surface area contributed by atoms with Crippen molar-refractivity contribution in [2.75, 3.05) is 33.3 Å². The number of nitrogens with zero attached hydrogens (tertiary/aromatic N) is 3. The highest BCUT2D eigenvalue weighted by Gasteiger charge is 2.33. The molecule has 2 heterocycles. The molecule has 2 aliphatic rings. The second-order valence-electron chi connectivity index (χ2n) is 5.98. The molecule has 1 aliphatic carbocycles. The molecule has 0 spiro atoms. The van der Waals surface area contributed by atoms with E-state index in [1.54, 1.807) is 25.4 Å². The van der Waals surface area contributed by atoms with E-state index in [1.165, 1.54) is 0 Å². The van der Waals surface area contributed by atoms with E-state index >= 15 is 0 Å². The maximum absolute atomic E-state index is 12.5. The Labute approximate surface area is 130 Å². The van der Waals surface area contributed by atoms with Crippen molar-refractivity contribution in [2.45, 2.75) is 31.4 Å². The first-order valence-corrected chi connectivity index (χ1v) is 7.90. The van der Waals surface area contributed by atoms with Gasteiger partial charge in [-0.05, 0) is 25.3 Å². The minimum Gasteiger partial charge on any atom is -0.481 e. The lowest BCUT2D eigenvalue weighted by Gasteiger charge is -2.39. The summed E-state index contributed by atoms with van der Waals surface area (Å²) in [5.74, 6) is 0.526. The van der Waals surface area contributed by atoms with E-state index in [0.29, 0.717) is 24.5 Å². The predicted molar refractivity (Wildman–Crippen MR) is 81.9 cm³/mol. The van der Waals surface area contributed by atoms with Gasteiger partial charge in [-0.3, -0.25) is 9.69 Å². The average molecular weight is 305 g/mol. The Hall–Kier alpha value is -1.66. The van der Waals surface area contributed by atoms with Crippen molar-refractivity contribution in [1.82, 2.24) is 14.8 Å². The van der Waals surface area contributed by atoms with Crippen molar-refractivity contribution in [2.24, 2.45) is 0 Å². The molecule has 3 rings (SSSR count). The summed E-state index contributed by atoms with van der Waals surface area (Å²) in [4.78, 5) is 20.7.